The summed E-state index contributed by atoms with van der Waals surface area (Å²) < 4.78 is 5.32. The van der Waals surface area contributed by atoms with Crippen molar-refractivity contribution in [2.45, 2.75) is 41.0 Å². The number of ether oxygens (including phenoxy) is 1. The molecule has 0 radical (unpaired) electrons. The molecule has 0 saturated heterocycles. The quantitative estimate of drug-likeness (QED) is 0.561. The topological polar surface area (TPSA) is 38.3 Å². The normalized spacial score (nSPS) is 13.9. The Morgan fingerprint density at radius 1 is 1.31 bits per heavy atom. The van der Waals surface area contributed by atoms with Gasteiger partial charge in [0.15, 0.2) is 0 Å². The van der Waals surface area contributed by atoms with Crippen LogP contribution >= 0.6 is 0 Å². The molecule has 16 heavy (non-hydrogen) atoms. The average Bonchev–Trinajstić information content (AvgIpc) is 2.09. The van der Waals surface area contributed by atoms with E-state index in [-0.39, 0.29) is 17.3 Å². The van der Waals surface area contributed by atoms with Crippen LogP contribution in [0.25, 0.3) is 0 Å². The second kappa shape index (κ2) is 6.89. The highest BCUT2D eigenvalue weighted by Crippen LogP contribution is 2.32. The molecule has 3 heteroatoms. The summed E-state index contributed by atoms with van der Waals surface area (Å²) in [6.45, 7) is 11.8. The monoisotopic (exact) mass is 229 g/mol. The molecule has 3 nitrogen and oxygen atoms in total. The van der Waals surface area contributed by atoms with E-state index in [4.69, 9.17) is 4.74 Å². The van der Waals surface area contributed by atoms with Gasteiger partial charge in [-0.2, -0.15) is 0 Å². The van der Waals surface area contributed by atoms with Crippen LogP contribution < -0.4 is 5.32 Å². The van der Waals surface area contributed by atoms with E-state index in [0.717, 1.165) is 13.0 Å². The van der Waals surface area contributed by atoms with E-state index >= 15 is 0 Å². The fourth-order valence-electron chi connectivity index (χ4n) is 2.14. The number of hydrogen-bond donors (Lipinski definition) is 1. The Balaban J connectivity index is 4.20. The summed E-state index contributed by atoms with van der Waals surface area (Å²) in [7, 11) is 1.90. The standard InChI is InChI=1S/C13H27NO2/c1-10(2)11(13(3,4)5)12(15)16-9-7-8-14-6/h10-11,14H,7-9H2,1-6H3. The molecule has 0 aliphatic heterocycles. The molecule has 0 spiro atoms. The van der Waals surface area contributed by atoms with Crippen LogP contribution in [0.15, 0.2) is 0 Å². The molecule has 0 saturated carbocycles. The van der Waals surface area contributed by atoms with E-state index in [2.05, 4.69) is 39.9 Å². The van der Waals surface area contributed by atoms with Crippen molar-refractivity contribution in [1.82, 2.24) is 5.32 Å². The third kappa shape index (κ3) is 5.50. The molecule has 0 amide bonds. The van der Waals surface area contributed by atoms with Crippen molar-refractivity contribution in [2.24, 2.45) is 17.3 Å². The van der Waals surface area contributed by atoms with Gasteiger partial charge in [0.2, 0.25) is 0 Å². The molecule has 0 aromatic carbocycles. The van der Waals surface area contributed by atoms with Crippen LogP contribution in [0, 0.1) is 17.3 Å². The summed E-state index contributed by atoms with van der Waals surface area (Å²) in [4.78, 5) is 12.0. The van der Waals surface area contributed by atoms with E-state index in [1.807, 2.05) is 7.05 Å². The molecule has 0 aliphatic carbocycles. The summed E-state index contributed by atoms with van der Waals surface area (Å²) >= 11 is 0. The Hall–Kier alpha value is -0.570. The first-order valence-corrected chi connectivity index (χ1v) is 6.12. The van der Waals surface area contributed by atoms with Crippen molar-refractivity contribution in [1.29, 1.82) is 0 Å². The Labute approximate surface area is 99.9 Å². The molecule has 0 fully saturated rings. The first kappa shape index (κ1) is 15.4. The van der Waals surface area contributed by atoms with Gasteiger partial charge >= 0.3 is 5.97 Å². The fourth-order valence-corrected chi connectivity index (χ4v) is 2.14. The summed E-state index contributed by atoms with van der Waals surface area (Å²) in [5, 5.41) is 3.03. The van der Waals surface area contributed by atoms with E-state index in [0.29, 0.717) is 12.5 Å². The number of carbonyl (C=O) groups excluding carboxylic acids is 1. The molecule has 1 unspecified atom stereocenters. The summed E-state index contributed by atoms with van der Waals surface area (Å²) in [6, 6.07) is 0. The van der Waals surface area contributed by atoms with Crippen LogP contribution in [-0.4, -0.2) is 26.2 Å². The maximum atomic E-state index is 12.0. The van der Waals surface area contributed by atoms with E-state index in [9.17, 15) is 4.79 Å². The van der Waals surface area contributed by atoms with Crippen molar-refractivity contribution in [2.75, 3.05) is 20.2 Å². The summed E-state index contributed by atoms with van der Waals surface area (Å²) in [5.74, 6) is 0.234. The number of esters is 1. The highest BCUT2D eigenvalue weighted by atomic mass is 16.5. The zero-order chi connectivity index (χ0) is 12.8. The average molecular weight is 229 g/mol. The molecule has 1 atom stereocenters. The predicted molar refractivity (Wildman–Crippen MR) is 67.3 cm³/mol. The Kier molecular flexibility index (Phi) is 6.65. The lowest BCUT2D eigenvalue weighted by atomic mass is 9.74. The predicted octanol–water partition coefficient (Wildman–Crippen LogP) is 2.46. The van der Waals surface area contributed by atoms with Gasteiger partial charge in [0.1, 0.15) is 0 Å². The lowest BCUT2D eigenvalue weighted by molar-refractivity contribution is -0.154. The molecule has 0 heterocycles. The fraction of sp³-hybridized carbons (Fsp3) is 0.923. The lowest BCUT2D eigenvalue weighted by Crippen LogP contribution is -2.34. The molecule has 0 rings (SSSR count). The minimum atomic E-state index is -0.0568. The Morgan fingerprint density at radius 3 is 2.25 bits per heavy atom. The first-order valence-electron chi connectivity index (χ1n) is 6.12. The lowest BCUT2D eigenvalue weighted by Gasteiger charge is -2.31. The summed E-state index contributed by atoms with van der Waals surface area (Å²) in [6.07, 6.45) is 0.872. The molecule has 0 aliphatic rings. The van der Waals surface area contributed by atoms with Crippen molar-refractivity contribution in [3.63, 3.8) is 0 Å². The van der Waals surface area contributed by atoms with Gasteiger partial charge in [-0.1, -0.05) is 34.6 Å². The molecule has 96 valence electrons. The second-order valence-electron chi connectivity index (χ2n) is 5.71. The van der Waals surface area contributed by atoms with Crippen molar-refractivity contribution in [3.8, 4) is 0 Å². The molecule has 0 aromatic heterocycles. The number of rotatable bonds is 6. The molecule has 0 aromatic rings. The van der Waals surface area contributed by atoms with Crippen molar-refractivity contribution in [3.05, 3.63) is 0 Å². The number of hydrogen-bond acceptors (Lipinski definition) is 3. The zero-order valence-corrected chi connectivity index (χ0v) is 11.6. The van der Waals surface area contributed by atoms with Crippen LogP contribution in [0.3, 0.4) is 0 Å². The Morgan fingerprint density at radius 2 is 1.88 bits per heavy atom. The maximum absolute atomic E-state index is 12.0. The minimum Gasteiger partial charge on any atom is -0.465 e. The van der Waals surface area contributed by atoms with Gasteiger partial charge in [0.25, 0.3) is 0 Å². The Bertz CT molecular complexity index is 206. The molecular weight excluding hydrogens is 202 g/mol. The SMILES string of the molecule is CNCCCOC(=O)C(C(C)C)C(C)(C)C. The van der Waals surface area contributed by atoms with Gasteiger partial charge in [-0.15, -0.1) is 0 Å². The smallest absolute Gasteiger partial charge is 0.309 e. The van der Waals surface area contributed by atoms with E-state index < -0.39 is 0 Å². The third-order valence-corrected chi connectivity index (χ3v) is 2.67. The zero-order valence-electron chi connectivity index (χ0n) is 11.6. The van der Waals surface area contributed by atoms with Gasteiger partial charge < -0.3 is 10.1 Å². The molecule has 1 N–H and O–H groups in total. The molecule has 0 bridgehead atoms. The highest BCUT2D eigenvalue weighted by Gasteiger charge is 2.34. The van der Waals surface area contributed by atoms with Crippen LogP contribution in [0.4, 0.5) is 0 Å². The largest absolute Gasteiger partial charge is 0.465 e. The third-order valence-electron chi connectivity index (χ3n) is 2.67. The van der Waals surface area contributed by atoms with Crippen LogP contribution in [0.2, 0.25) is 0 Å². The van der Waals surface area contributed by atoms with Gasteiger partial charge in [-0.25, -0.2) is 0 Å². The van der Waals surface area contributed by atoms with E-state index in [1.54, 1.807) is 0 Å². The van der Waals surface area contributed by atoms with Crippen molar-refractivity contribution >= 4 is 5.97 Å². The van der Waals surface area contributed by atoms with Crippen LogP contribution in [0.5, 0.6) is 0 Å². The van der Waals surface area contributed by atoms with Gasteiger partial charge in [0, 0.05) is 0 Å². The maximum Gasteiger partial charge on any atom is 0.309 e. The molecular formula is C13H27NO2. The van der Waals surface area contributed by atoms with E-state index in [1.165, 1.54) is 0 Å². The minimum absolute atomic E-state index is 0.0258. The second-order valence-corrected chi connectivity index (χ2v) is 5.71. The van der Waals surface area contributed by atoms with Gasteiger partial charge in [-0.05, 0) is 31.3 Å². The highest BCUT2D eigenvalue weighted by molar-refractivity contribution is 5.73. The first-order chi connectivity index (χ1) is 7.30. The van der Waals surface area contributed by atoms with Crippen LogP contribution in [0.1, 0.15) is 41.0 Å². The van der Waals surface area contributed by atoms with Crippen molar-refractivity contribution < 1.29 is 9.53 Å². The number of nitrogens with one attached hydrogen (secondary N) is 1. The van der Waals surface area contributed by atoms with Gasteiger partial charge in [-0.3, -0.25) is 4.79 Å². The number of carbonyl (C=O) groups is 1. The van der Waals surface area contributed by atoms with Gasteiger partial charge in [0.05, 0.1) is 12.5 Å². The van der Waals surface area contributed by atoms with Crippen LogP contribution in [-0.2, 0) is 9.53 Å². The summed E-state index contributed by atoms with van der Waals surface area (Å²) in [5.41, 5.74) is -0.0335.